The topological polar surface area (TPSA) is 62.0 Å². The zero-order valence-corrected chi connectivity index (χ0v) is 10.9. The van der Waals surface area contributed by atoms with E-state index in [-0.39, 0.29) is 16.3 Å². The first-order valence-corrected chi connectivity index (χ1v) is 6.49. The van der Waals surface area contributed by atoms with Gasteiger partial charge in [-0.1, -0.05) is 30.0 Å². The number of aromatic amines is 1. The maximum atomic E-state index is 12.4. The highest BCUT2D eigenvalue weighted by Crippen LogP contribution is 2.31. The third-order valence-corrected chi connectivity index (χ3v) is 3.15. The van der Waals surface area contributed by atoms with Crippen LogP contribution in [0.4, 0.5) is 14.5 Å². The summed E-state index contributed by atoms with van der Waals surface area (Å²) in [5.41, 5.74) is -0.0743. The summed E-state index contributed by atoms with van der Waals surface area (Å²) in [7, 11) is 0. The van der Waals surface area contributed by atoms with Crippen LogP contribution < -0.4 is 10.9 Å². The van der Waals surface area contributed by atoms with Gasteiger partial charge in [-0.3, -0.25) is 9.59 Å². The lowest BCUT2D eigenvalue weighted by atomic mass is 10.3. The highest BCUT2D eigenvalue weighted by Gasteiger charge is 2.13. The predicted octanol–water partition coefficient (Wildman–Crippen LogP) is 2.94. The standard InChI is InChI=1S/C13H10F2N2O2S/c14-13(15)20-10-6-2-1-4-8(10)17-12(19)9-5-3-7-11(18)16-9/h1-7,13H,(H,16,18)(H,17,19). The number of alkyl halides is 2. The third-order valence-electron chi connectivity index (χ3n) is 2.36. The van der Waals surface area contributed by atoms with Crippen LogP contribution in [0.2, 0.25) is 0 Å². The number of H-pyrrole nitrogens is 1. The van der Waals surface area contributed by atoms with Crippen LogP contribution >= 0.6 is 11.8 Å². The average Bonchev–Trinajstić information content (AvgIpc) is 2.40. The number of nitrogens with one attached hydrogen (secondary N) is 2. The molecule has 0 aliphatic carbocycles. The highest BCUT2D eigenvalue weighted by molar-refractivity contribution is 7.99. The van der Waals surface area contributed by atoms with Crippen molar-refractivity contribution >= 4 is 23.4 Å². The number of amides is 1. The summed E-state index contributed by atoms with van der Waals surface area (Å²) >= 11 is 0.345. The molecule has 0 aliphatic rings. The fraction of sp³-hybridized carbons (Fsp3) is 0.0769. The van der Waals surface area contributed by atoms with Crippen LogP contribution in [-0.4, -0.2) is 16.6 Å². The minimum absolute atomic E-state index is 0.0642. The van der Waals surface area contributed by atoms with Crippen molar-refractivity contribution in [2.75, 3.05) is 5.32 Å². The maximum Gasteiger partial charge on any atom is 0.288 e. The van der Waals surface area contributed by atoms with E-state index in [4.69, 9.17) is 0 Å². The largest absolute Gasteiger partial charge is 0.320 e. The molecule has 20 heavy (non-hydrogen) atoms. The van der Waals surface area contributed by atoms with Gasteiger partial charge in [-0.15, -0.1) is 0 Å². The molecule has 0 unspecified atom stereocenters. The molecule has 0 radical (unpaired) electrons. The lowest BCUT2D eigenvalue weighted by Crippen LogP contribution is -2.18. The zero-order chi connectivity index (χ0) is 14.5. The lowest BCUT2D eigenvalue weighted by molar-refractivity contribution is 0.102. The molecule has 104 valence electrons. The molecule has 2 aromatic rings. The second-order valence-corrected chi connectivity index (χ2v) is 4.79. The van der Waals surface area contributed by atoms with Crippen molar-refractivity contribution in [3.8, 4) is 0 Å². The van der Waals surface area contributed by atoms with Crippen molar-refractivity contribution in [1.82, 2.24) is 4.98 Å². The number of rotatable bonds is 4. The lowest BCUT2D eigenvalue weighted by Gasteiger charge is -2.10. The van der Waals surface area contributed by atoms with E-state index < -0.39 is 17.2 Å². The zero-order valence-electron chi connectivity index (χ0n) is 10.1. The normalized spacial score (nSPS) is 10.6. The molecule has 1 aromatic heterocycles. The molecule has 0 bridgehead atoms. The summed E-state index contributed by atoms with van der Waals surface area (Å²) in [6.07, 6.45) is 0. The molecule has 0 aliphatic heterocycles. The Morgan fingerprint density at radius 3 is 2.60 bits per heavy atom. The van der Waals surface area contributed by atoms with Crippen molar-refractivity contribution in [3.63, 3.8) is 0 Å². The van der Waals surface area contributed by atoms with E-state index in [1.807, 2.05) is 0 Å². The van der Waals surface area contributed by atoms with Crippen LogP contribution in [0.3, 0.4) is 0 Å². The average molecular weight is 296 g/mol. The molecule has 2 N–H and O–H groups in total. The summed E-state index contributed by atoms with van der Waals surface area (Å²) in [5, 5.41) is 2.50. The van der Waals surface area contributed by atoms with Gasteiger partial charge in [-0.05, 0) is 18.2 Å². The molecule has 2 rings (SSSR count). The molecule has 0 fully saturated rings. The van der Waals surface area contributed by atoms with Crippen LogP contribution in [0.25, 0.3) is 0 Å². The second-order valence-electron chi connectivity index (χ2n) is 3.76. The van der Waals surface area contributed by atoms with E-state index >= 15 is 0 Å². The smallest absolute Gasteiger partial charge is 0.288 e. The molecule has 1 amide bonds. The van der Waals surface area contributed by atoms with Gasteiger partial charge in [0.15, 0.2) is 0 Å². The van der Waals surface area contributed by atoms with E-state index in [0.717, 1.165) is 0 Å². The van der Waals surface area contributed by atoms with Gasteiger partial charge in [0.25, 0.3) is 11.7 Å². The number of anilines is 1. The Labute approximate surface area is 117 Å². The van der Waals surface area contributed by atoms with Gasteiger partial charge in [0, 0.05) is 11.0 Å². The van der Waals surface area contributed by atoms with Gasteiger partial charge in [0.2, 0.25) is 5.56 Å². The number of hydrogen-bond acceptors (Lipinski definition) is 3. The number of pyridine rings is 1. The molecule has 0 atom stereocenters. The third kappa shape index (κ3) is 3.67. The molecule has 1 heterocycles. The minimum atomic E-state index is -2.58. The fourth-order valence-corrected chi connectivity index (χ4v) is 2.13. The van der Waals surface area contributed by atoms with Crippen molar-refractivity contribution < 1.29 is 13.6 Å². The van der Waals surface area contributed by atoms with Gasteiger partial charge in [0.05, 0.1) is 5.69 Å². The fourth-order valence-electron chi connectivity index (χ4n) is 1.54. The van der Waals surface area contributed by atoms with E-state index in [1.54, 1.807) is 12.1 Å². The molecule has 7 heteroatoms. The maximum absolute atomic E-state index is 12.4. The summed E-state index contributed by atoms with van der Waals surface area (Å²) in [6.45, 7) is 0. The number of thioether (sulfide) groups is 1. The number of benzene rings is 1. The van der Waals surface area contributed by atoms with E-state index in [9.17, 15) is 18.4 Å². The monoisotopic (exact) mass is 296 g/mol. The van der Waals surface area contributed by atoms with Crippen LogP contribution in [0.1, 0.15) is 10.5 Å². The number of carbonyl (C=O) groups excluding carboxylic acids is 1. The Morgan fingerprint density at radius 2 is 1.90 bits per heavy atom. The Bertz CT molecular complexity index is 673. The molecular formula is C13H10F2N2O2S. The van der Waals surface area contributed by atoms with Crippen molar-refractivity contribution in [1.29, 1.82) is 0 Å². The number of halogens is 2. The summed E-state index contributed by atoms with van der Waals surface area (Å²) < 4.78 is 24.8. The van der Waals surface area contributed by atoms with Crippen LogP contribution in [0, 0.1) is 0 Å². The van der Waals surface area contributed by atoms with Gasteiger partial charge in [-0.25, -0.2) is 0 Å². The Hall–Kier alpha value is -2.15. The van der Waals surface area contributed by atoms with Crippen molar-refractivity contribution in [2.24, 2.45) is 0 Å². The summed E-state index contributed by atoms with van der Waals surface area (Å²) in [4.78, 5) is 25.7. The van der Waals surface area contributed by atoms with E-state index in [0.29, 0.717) is 11.8 Å². The SMILES string of the molecule is O=C(Nc1ccccc1SC(F)F)c1cccc(=O)[nH]1. The molecule has 0 saturated carbocycles. The van der Waals surface area contributed by atoms with Gasteiger partial charge >= 0.3 is 0 Å². The first-order chi connectivity index (χ1) is 9.56. The first-order valence-electron chi connectivity index (χ1n) is 5.61. The van der Waals surface area contributed by atoms with Gasteiger partial charge in [0.1, 0.15) is 5.69 Å². The van der Waals surface area contributed by atoms with E-state index in [1.165, 1.54) is 30.3 Å². The highest BCUT2D eigenvalue weighted by atomic mass is 32.2. The first kappa shape index (κ1) is 14.3. The summed E-state index contributed by atoms with van der Waals surface area (Å²) in [5.74, 6) is -3.14. The number of aromatic nitrogens is 1. The van der Waals surface area contributed by atoms with Gasteiger partial charge in [-0.2, -0.15) is 8.78 Å². The molecule has 4 nitrogen and oxygen atoms in total. The minimum Gasteiger partial charge on any atom is -0.320 e. The Balaban J connectivity index is 2.22. The number of para-hydroxylation sites is 1. The van der Waals surface area contributed by atoms with Crippen molar-refractivity contribution in [3.05, 3.63) is 58.5 Å². The molecule has 0 spiro atoms. The van der Waals surface area contributed by atoms with E-state index in [2.05, 4.69) is 10.3 Å². The number of carbonyl (C=O) groups is 1. The second kappa shape index (κ2) is 6.33. The van der Waals surface area contributed by atoms with Crippen LogP contribution in [-0.2, 0) is 0 Å². The quantitative estimate of drug-likeness (QED) is 0.853. The molecular weight excluding hydrogens is 286 g/mol. The summed E-state index contributed by atoms with van der Waals surface area (Å²) in [6, 6.07) is 10.4. The molecule has 0 saturated heterocycles. The molecule has 1 aromatic carbocycles. The number of hydrogen-bond donors (Lipinski definition) is 2. The van der Waals surface area contributed by atoms with Crippen LogP contribution in [0.5, 0.6) is 0 Å². The Kier molecular flexibility index (Phi) is 4.52. The van der Waals surface area contributed by atoms with Crippen LogP contribution in [0.15, 0.2) is 52.2 Å². The Morgan fingerprint density at radius 1 is 1.15 bits per heavy atom. The van der Waals surface area contributed by atoms with Gasteiger partial charge < -0.3 is 10.3 Å². The van der Waals surface area contributed by atoms with Crippen molar-refractivity contribution in [2.45, 2.75) is 10.7 Å². The predicted molar refractivity (Wildman–Crippen MR) is 73.3 cm³/mol.